The first-order chi connectivity index (χ1) is 6.69. The van der Waals surface area contributed by atoms with Crippen LogP contribution < -0.4 is 0 Å². The Balaban J connectivity index is 2.77. The largest absolute Gasteiger partial charge is 0.462 e. The van der Waals surface area contributed by atoms with Crippen LogP contribution in [0.15, 0.2) is 12.1 Å². The van der Waals surface area contributed by atoms with Gasteiger partial charge in [-0.15, -0.1) is 11.3 Å². The van der Waals surface area contributed by atoms with Crippen molar-refractivity contribution >= 4 is 23.1 Å². The number of rotatable bonds is 4. The van der Waals surface area contributed by atoms with Crippen LogP contribution in [0.25, 0.3) is 0 Å². The first kappa shape index (κ1) is 10.9. The van der Waals surface area contributed by atoms with Crippen molar-refractivity contribution in [1.29, 1.82) is 0 Å². The summed E-state index contributed by atoms with van der Waals surface area (Å²) in [5.74, 6) is -0.293. The van der Waals surface area contributed by atoms with E-state index in [9.17, 15) is 9.59 Å². The minimum Gasteiger partial charge on any atom is -0.462 e. The molecule has 0 saturated carbocycles. The fourth-order valence-corrected chi connectivity index (χ4v) is 1.88. The molecule has 4 heteroatoms. The third-order valence-corrected chi connectivity index (χ3v) is 2.78. The Morgan fingerprint density at radius 2 is 1.93 bits per heavy atom. The highest BCUT2D eigenvalue weighted by atomic mass is 32.1. The van der Waals surface area contributed by atoms with Crippen molar-refractivity contribution in [2.75, 3.05) is 6.61 Å². The van der Waals surface area contributed by atoms with Crippen LogP contribution in [-0.4, -0.2) is 18.4 Å². The second-order valence-corrected chi connectivity index (χ2v) is 3.74. The molecule has 0 spiro atoms. The lowest BCUT2D eigenvalue weighted by atomic mass is 10.2. The smallest absolute Gasteiger partial charge is 0.348 e. The van der Waals surface area contributed by atoms with Gasteiger partial charge in [0.05, 0.1) is 11.5 Å². The molecule has 1 rings (SSSR count). The Kier molecular flexibility index (Phi) is 3.83. The standard InChI is InChI=1S/C10H12O3S/c1-3-7(11)8-5-6-9(14-8)10(12)13-4-2/h5-6H,3-4H2,1-2H3. The molecule has 0 amide bonds. The number of hydrogen-bond donors (Lipinski definition) is 0. The normalized spacial score (nSPS) is 9.86. The van der Waals surface area contributed by atoms with E-state index in [1.807, 2.05) is 0 Å². The van der Waals surface area contributed by atoms with E-state index in [2.05, 4.69) is 0 Å². The van der Waals surface area contributed by atoms with Gasteiger partial charge in [0, 0.05) is 6.42 Å². The van der Waals surface area contributed by atoms with Gasteiger partial charge in [-0.05, 0) is 19.1 Å². The molecule has 14 heavy (non-hydrogen) atoms. The van der Waals surface area contributed by atoms with Crippen LogP contribution in [0.3, 0.4) is 0 Å². The van der Waals surface area contributed by atoms with Crippen molar-refractivity contribution in [1.82, 2.24) is 0 Å². The van der Waals surface area contributed by atoms with Crippen molar-refractivity contribution in [3.05, 3.63) is 21.9 Å². The second kappa shape index (κ2) is 4.91. The molecule has 76 valence electrons. The number of thiophene rings is 1. The van der Waals surface area contributed by atoms with Crippen molar-refractivity contribution in [3.63, 3.8) is 0 Å². The summed E-state index contributed by atoms with van der Waals surface area (Å²) in [5.41, 5.74) is 0. The lowest BCUT2D eigenvalue weighted by Gasteiger charge is -1.96. The topological polar surface area (TPSA) is 43.4 Å². The van der Waals surface area contributed by atoms with Gasteiger partial charge in [-0.25, -0.2) is 4.79 Å². The maximum Gasteiger partial charge on any atom is 0.348 e. The first-order valence-electron chi connectivity index (χ1n) is 4.49. The Bertz CT molecular complexity index is 341. The van der Waals surface area contributed by atoms with Gasteiger partial charge in [0.2, 0.25) is 0 Å². The molecule has 0 unspecified atom stereocenters. The number of esters is 1. The molecule has 1 heterocycles. The molecular formula is C10H12O3S. The third kappa shape index (κ3) is 2.42. The van der Waals surface area contributed by atoms with Crippen LogP contribution in [0.5, 0.6) is 0 Å². The summed E-state index contributed by atoms with van der Waals surface area (Å²) in [7, 11) is 0. The van der Waals surface area contributed by atoms with Crippen LogP contribution in [0.1, 0.15) is 39.6 Å². The van der Waals surface area contributed by atoms with E-state index in [4.69, 9.17) is 4.74 Å². The number of ether oxygens (including phenoxy) is 1. The molecule has 0 radical (unpaired) electrons. The van der Waals surface area contributed by atoms with Gasteiger partial charge in [-0.3, -0.25) is 4.79 Å². The zero-order valence-electron chi connectivity index (χ0n) is 8.20. The highest BCUT2D eigenvalue weighted by Crippen LogP contribution is 2.18. The summed E-state index contributed by atoms with van der Waals surface area (Å²) in [6, 6.07) is 3.30. The van der Waals surface area contributed by atoms with Crippen molar-refractivity contribution < 1.29 is 14.3 Å². The molecule has 0 aliphatic heterocycles. The van der Waals surface area contributed by atoms with E-state index in [1.54, 1.807) is 26.0 Å². The van der Waals surface area contributed by atoms with Crippen LogP contribution in [0.2, 0.25) is 0 Å². The Hall–Kier alpha value is -1.16. The number of carbonyl (C=O) groups is 2. The van der Waals surface area contributed by atoms with Crippen molar-refractivity contribution in [2.45, 2.75) is 20.3 Å². The number of carbonyl (C=O) groups excluding carboxylic acids is 2. The Morgan fingerprint density at radius 1 is 1.29 bits per heavy atom. The van der Waals surface area contributed by atoms with Crippen molar-refractivity contribution in [2.24, 2.45) is 0 Å². The highest BCUT2D eigenvalue weighted by Gasteiger charge is 2.12. The summed E-state index contributed by atoms with van der Waals surface area (Å²) >= 11 is 1.19. The molecule has 0 aliphatic rings. The van der Waals surface area contributed by atoms with E-state index in [1.165, 1.54) is 11.3 Å². The number of Topliss-reactive ketones (excluding diaryl/α,β-unsaturated/α-hetero) is 1. The molecule has 0 N–H and O–H groups in total. The zero-order chi connectivity index (χ0) is 10.6. The summed E-state index contributed by atoms with van der Waals surface area (Å²) in [6.45, 7) is 3.91. The average Bonchev–Trinajstić information content (AvgIpc) is 2.66. The fraction of sp³-hybridized carbons (Fsp3) is 0.400. The molecule has 0 fully saturated rings. The fourth-order valence-electron chi connectivity index (χ4n) is 0.974. The molecule has 1 aromatic heterocycles. The van der Waals surface area contributed by atoms with Gasteiger partial charge in [0.15, 0.2) is 5.78 Å². The minimum atomic E-state index is -0.354. The predicted octanol–water partition coefficient (Wildman–Crippen LogP) is 2.52. The maximum atomic E-state index is 11.3. The molecule has 0 aromatic carbocycles. The molecule has 0 saturated heterocycles. The third-order valence-electron chi connectivity index (χ3n) is 1.68. The van der Waals surface area contributed by atoms with Gasteiger partial charge < -0.3 is 4.74 Å². The molecule has 1 aromatic rings. The molecule has 3 nitrogen and oxygen atoms in total. The van der Waals surface area contributed by atoms with Gasteiger partial charge in [0.1, 0.15) is 4.88 Å². The predicted molar refractivity (Wildman–Crippen MR) is 54.9 cm³/mol. The van der Waals surface area contributed by atoms with Crippen LogP contribution in [0.4, 0.5) is 0 Å². The van der Waals surface area contributed by atoms with Crippen LogP contribution in [0, 0.1) is 0 Å². The molecule has 0 aliphatic carbocycles. The molecule has 0 bridgehead atoms. The van der Waals surface area contributed by atoms with Crippen LogP contribution in [-0.2, 0) is 4.74 Å². The van der Waals surface area contributed by atoms with Gasteiger partial charge in [0.25, 0.3) is 0 Å². The van der Waals surface area contributed by atoms with Crippen LogP contribution >= 0.6 is 11.3 Å². The summed E-state index contributed by atoms with van der Waals surface area (Å²) in [5, 5.41) is 0. The first-order valence-corrected chi connectivity index (χ1v) is 5.30. The van der Waals surface area contributed by atoms with E-state index < -0.39 is 0 Å². The van der Waals surface area contributed by atoms with E-state index in [0.29, 0.717) is 22.8 Å². The lowest BCUT2D eigenvalue weighted by Crippen LogP contribution is -2.01. The Morgan fingerprint density at radius 3 is 2.50 bits per heavy atom. The van der Waals surface area contributed by atoms with Crippen molar-refractivity contribution in [3.8, 4) is 0 Å². The zero-order valence-corrected chi connectivity index (χ0v) is 9.02. The highest BCUT2D eigenvalue weighted by molar-refractivity contribution is 7.15. The quantitative estimate of drug-likeness (QED) is 0.569. The monoisotopic (exact) mass is 212 g/mol. The number of hydrogen-bond acceptors (Lipinski definition) is 4. The number of ketones is 1. The Labute approximate surface area is 86.7 Å². The average molecular weight is 212 g/mol. The van der Waals surface area contributed by atoms with E-state index in [0.717, 1.165) is 0 Å². The lowest BCUT2D eigenvalue weighted by molar-refractivity contribution is 0.0532. The van der Waals surface area contributed by atoms with Gasteiger partial charge in [-0.1, -0.05) is 6.92 Å². The maximum absolute atomic E-state index is 11.3. The summed E-state index contributed by atoms with van der Waals surface area (Å²) < 4.78 is 4.81. The van der Waals surface area contributed by atoms with Gasteiger partial charge in [-0.2, -0.15) is 0 Å². The SMILES string of the molecule is CCOC(=O)c1ccc(C(=O)CC)s1. The summed E-state index contributed by atoms with van der Waals surface area (Å²) in [6.07, 6.45) is 0.461. The molecule has 0 atom stereocenters. The minimum absolute atomic E-state index is 0.0607. The van der Waals surface area contributed by atoms with E-state index in [-0.39, 0.29) is 11.8 Å². The van der Waals surface area contributed by atoms with E-state index >= 15 is 0 Å². The second-order valence-electron chi connectivity index (χ2n) is 2.66. The summed E-state index contributed by atoms with van der Waals surface area (Å²) in [4.78, 5) is 23.6. The molecular weight excluding hydrogens is 200 g/mol. The van der Waals surface area contributed by atoms with Gasteiger partial charge >= 0.3 is 5.97 Å².